The van der Waals surface area contributed by atoms with Crippen molar-refractivity contribution < 1.29 is 13.9 Å². The van der Waals surface area contributed by atoms with Crippen LogP contribution in [0.15, 0.2) is 40.8 Å². The molecule has 6 nitrogen and oxygen atoms in total. The molecule has 1 fully saturated rings. The van der Waals surface area contributed by atoms with E-state index >= 15 is 0 Å². The van der Waals surface area contributed by atoms with Crippen molar-refractivity contribution in [3.05, 3.63) is 53.5 Å². The molecule has 1 aliphatic rings. The number of rotatable bonds is 7. The monoisotopic (exact) mass is 381 g/mol. The molecule has 3 rings (SSSR count). The fraction of sp³-hybridized carbons (Fsp3) is 0.455. The van der Waals surface area contributed by atoms with Crippen molar-refractivity contribution in [1.82, 2.24) is 10.2 Å². The molecule has 1 aromatic heterocycles. The standard InChI is InChI=1S/C22H27N3O3/c1-16-9-11-25(12-10-16)17(2)14-24-22(26)21-8-7-19(28-21)15-27-20-6-4-3-5-18(20)13-23/h3-8,16-17H,9-12,14-15H2,1-2H3,(H,24,26). The molecule has 6 heteroatoms. The van der Waals surface area contributed by atoms with Crippen LogP contribution in [0.4, 0.5) is 0 Å². The van der Waals surface area contributed by atoms with Gasteiger partial charge in [-0.1, -0.05) is 19.1 Å². The first kappa shape index (κ1) is 20.0. The summed E-state index contributed by atoms with van der Waals surface area (Å²) in [4.78, 5) is 14.8. The largest absolute Gasteiger partial charge is 0.484 e. The Morgan fingerprint density at radius 1 is 1.32 bits per heavy atom. The zero-order valence-corrected chi connectivity index (χ0v) is 16.5. The molecular formula is C22H27N3O3. The van der Waals surface area contributed by atoms with E-state index in [1.165, 1.54) is 12.8 Å². The zero-order valence-electron chi connectivity index (χ0n) is 16.5. The summed E-state index contributed by atoms with van der Waals surface area (Å²) in [6.07, 6.45) is 2.43. The Labute approximate surface area is 166 Å². The summed E-state index contributed by atoms with van der Waals surface area (Å²) in [5.41, 5.74) is 0.466. The van der Waals surface area contributed by atoms with Crippen LogP contribution in [0.1, 0.15) is 48.6 Å². The summed E-state index contributed by atoms with van der Waals surface area (Å²) in [6.45, 7) is 7.37. The molecule has 0 radical (unpaired) electrons. The van der Waals surface area contributed by atoms with Gasteiger partial charge >= 0.3 is 0 Å². The number of carbonyl (C=O) groups excluding carboxylic acids is 1. The van der Waals surface area contributed by atoms with Crippen molar-refractivity contribution >= 4 is 5.91 Å². The molecular weight excluding hydrogens is 354 g/mol. The van der Waals surface area contributed by atoms with E-state index in [0.29, 0.717) is 29.7 Å². The minimum Gasteiger partial charge on any atom is -0.484 e. The average molecular weight is 381 g/mol. The number of para-hydroxylation sites is 1. The molecule has 1 atom stereocenters. The van der Waals surface area contributed by atoms with Crippen LogP contribution >= 0.6 is 0 Å². The van der Waals surface area contributed by atoms with Gasteiger partial charge in [0.1, 0.15) is 24.2 Å². The Morgan fingerprint density at radius 3 is 2.82 bits per heavy atom. The van der Waals surface area contributed by atoms with Gasteiger partial charge in [-0.2, -0.15) is 5.26 Å². The highest BCUT2D eigenvalue weighted by molar-refractivity contribution is 5.91. The van der Waals surface area contributed by atoms with Gasteiger partial charge in [-0.3, -0.25) is 9.69 Å². The number of benzene rings is 1. The van der Waals surface area contributed by atoms with Crippen molar-refractivity contribution in [3.8, 4) is 11.8 Å². The quantitative estimate of drug-likeness (QED) is 0.793. The average Bonchev–Trinajstić information content (AvgIpc) is 3.20. The normalized spacial score (nSPS) is 16.3. The highest BCUT2D eigenvalue weighted by atomic mass is 16.5. The number of ether oxygens (including phenoxy) is 1. The third-order valence-corrected chi connectivity index (χ3v) is 5.26. The number of furan rings is 1. The third kappa shape index (κ3) is 5.14. The van der Waals surface area contributed by atoms with E-state index in [2.05, 4.69) is 30.1 Å². The first-order valence-electron chi connectivity index (χ1n) is 9.79. The van der Waals surface area contributed by atoms with Gasteiger partial charge in [0.05, 0.1) is 5.56 Å². The number of nitrogens with one attached hydrogen (secondary N) is 1. The molecule has 1 amide bonds. The first-order chi connectivity index (χ1) is 13.6. The number of amides is 1. The van der Waals surface area contributed by atoms with Crippen molar-refractivity contribution in [1.29, 1.82) is 5.26 Å². The molecule has 1 aliphatic heterocycles. The van der Waals surface area contributed by atoms with Crippen molar-refractivity contribution in [2.24, 2.45) is 5.92 Å². The lowest BCUT2D eigenvalue weighted by Crippen LogP contribution is -2.45. The second kappa shape index (κ2) is 9.43. The molecule has 0 bridgehead atoms. The van der Waals surface area contributed by atoms with E-state index in [0.717, 1.165) is 19.0 Å². The van der Waals surface area contributed by atoms with Crippen molar-refractivity contribution in [3.63, 3.8) is 0 Å². The third-order valence-electron chi connectivity index (χ3n) is 5.26. The molecule has 2 aromatic rings. The Morgan fingerprint density at radius 2 is 2.07 bits per heavy atom. The van der Waals surface area contributed by atoms with Crippen molar-refractivity contribution in [2.75, 3.05) is 19.6 Å². The van der Waals surface area contributed by atoms with E-state index in [1.54, 1.807) is 36.4 Å². The topological polar surface area (TPSA) is 78.5 Å². The van der Waals surface area contributed by atoms with Gasteiger partial charge in [-0.25, -0.2) is 0 Å². The first-order valence-corrected chi connectivity index (χ1v) is 9.79. The highest BCUT2D eigenvalue weighted by Gasteiger charge is 2.21. The number of hydrogen-bond acceptors (Lipinski definition) is 5. The van der Waals surface area contributed by atoms with Crippen LogP contribution in [0.25, 0.3) is 0 Å². The molecule has 1 aromatic carbocycles. The van der Waals surface area contributed by atoms with Crippen LogP contribution in [0.5, 0.6) is 5.75 Å². The molecule has 1 unspecified atom stereocenters. The zero-order chi connectivity index (χ0) is 19.9. The molecule has 148 valence electrons. The molecule has 2 heterocycles. The van der Waals surface area contributed by atoms with Crippen LogP contribution in [-0.2, 0) is 6.61 Å². The highest BCUT2D eigenvalue weighted by Crippen LogP contribution is 2.19. The Kier molecular flexibility index (Phi) is 6.72. The minimum atomic E-state index is -0.221. The fourth-order valence-electron chi connectivity index (χ4n) is 3.34. The molecule has 1 saturated heterocycles. The number of likely N-dealkylation sites (tertiary alicyclic amines) is 1. The smallest absolute Gasteiger partial charge is 0.287 e. The maximum absolute atomic E-state index is 12.4. The number of hydrogen-bond donors (Lipinski definition) is 1. The lowest BCUT2D eigenvalue weighted by atomic mass is 9.98. The number of carbonyl (C=O) groups is 1. The summed E-state index contributed by atoms with van der Waals surface area (Å²) in [5, 5.41) is 12.0. The fourth-order valence-corrected chi connectivity index (χ4v) is 3.34. The lowest BCUT2D eigenvalue weighted by Gasteiger charge is -2.34. The summed E-state index contributed by atoms with van der Waals surface area (Å²) in [7, 11) is 0. The van der Waals surface area contributed by atoms with E-state index in [-0.39, 0.29) is 18.3 Å². The summed E-state index contributed by atoms with van der Waals surface area (Å²) in [6, 6.07) is 12.8. The summed E-state index contributed by atoms with van der Waals surface area (Å²) >= 11 is 0. The predicted molar refractivity (Wildman–Crippen MR) is 106 cm³/mol. The lowest BCUT2D eigenvalue weighted by molar-refractivity contribution is 0.0891. The maximum atomic E-state index is 12.4. The van der Waals surface area contributed by atoms with Crippen LogP contribution in [0.2, 0.25) is 0 Å². The second-order valence-electron chi connectivity index (χ2n) is 7.44. The predicted octanol–water partition coefficient (Wildman–Crippen LogP) is 3.58. The van der Waals surface area contributed by atoms with Crippen LogP contribution < -0.4 is 10.1 Å². The van der Waals surface area contributed by atoms with E-state index in [1.807, 2.05) is 0 Å². The molecule has 0 saturated carbocycles. The van der Waals surface area contributed by atoms with Gasteiger partial charge in [0.25, 0.3) is 5.91 Å². The van der Waals surface area contributed by atoms with Crippen LogP contribution in [0.3, 0.4) is 0 Å². The summed E-state index contributed by atoms with van der Waals surface area (Å²) in [5.74, 6) is 1.88. The maximum Gasteiger partial charge on any atom is 0.287 e. The SMILES string of the molecule is CC1CCN(C(C)CNC(=O)c2ccc(COc3ccccc3C#N)o2)CC1. The van der Waals surface area contributed by atoms with Crippen LogP contribution in [0, 0.1) is 17.2 Å². The van der Waals surface area contributed by atoms with Gasteiger partial charge < -0.3 is 14.5 Å². The van der Waals surface area contributed by atoms with Gasteiger partial charge in [0, 0.05) is 12.6 Å². The van der Waals surface area contributed by atoms with E-state index in [4.69, 9.17) is 14.4 Å². The van der Waals surface area contributed by atoms with E-state index in [9.17, 15) is 4.79 Å². The molecule has 1 N–H and O–H groups in total. The van der Waals surface area contributed by atoms with Crippen molar-refractivity contribution in [2.45, 2.75) is 39.3 Å². The molecule has 0 spiro atoms. The minimum absolute atomic E-state index is 0.161. The molecule has 0 aliphatic carbocycles. The van der Waals surface area contributed by atoms with Crippen LogP contribution in [-0.4, -0.2) is 36.5 Å². The Bertz CT molecular complexity index is 832. The Balaban J connectivity index is 1.48. The summed E-state index contributed by atoms with van der Waals surface area (Å²) < 4.78 is 11.2. The number of piperidine rings is 1. The second-order valence-corrected chi connectivity index (χ2v) is 7.44. The molecule has 28 heavy (non-hydrogen) atoms. The number of nitrogens with zero attached hydrogens (tertiary/aromatic N) is 2. The Hall–Kier alpha value is -2.78. The van der Waals surface area contributed by atoms with Gasteiger partial charge in [-0.05, 0) is 63.0 Å². The van der Waals surface area contributed by atoms with Gasteiger partial charge in [0.15, 0.2) is 5.76 Å². The van der Waals surface area contributed by atoms with Gasteiger partial charge in [-0.15, -0.1) is 0 Å². The number of nitriles is 1. The van der Waals surface area contributed by atoms with E-state index < -0.39 is 0 Å². The van der Waals surface area contributed by atoms with Gasteiger partial charge in [0.2, 0.25) is 0 Å².